The number of hydrogen-bond donors (Lipinski definition) is 1. The van der Waals surface area contributed by atoms with E-state index in [0.29, 0.717) is 24.3 Å². The summed E-state index contributed by atoms with van der Waals surface area (Å²) >= 11 is 0. The predicted molar refractivity (Wildman–Crippen MR) is 118 cm³/mol. The molecule has 0 saturated carbocycles. The molecule has 6 nitrogen and oxygen atoms in total. The van der Waals surface area contributed by atoms with Gasteiger partial charge in [0.15, 0.2) is 0 Å². The second-order valence-corrected chi connectivity index (χ2v) is 7.37. The molecule has 0 aliphatic carbocycles. The number of nitriles is 1. The fraction of sp³-hybridized carbons (Fsp3) is 0.208. The maximum Gasteiger partial charge on any atom is 0.272 e. The number of piperazine rings is 1. The van der Waals surface area contributed by atoms with Gasteiger partial charge in [0, 0.05) is 37.6 Å². The van der Waals surface area contributed by atoms with E-state index in [-0.39, 0.29) is 5.91 Å². The average Bonchev–Trinajstić information content (AvgIpc) is 2.79. The van der Waals surface area contributed by atoms with Crippen molar-refractivity contribution in [3.8, 4) is 6.07 Å². The summed E-state index contributed by atoms with van der Waals surface area (Å²) in [6, 6.07) is 21.4. The van der Waals surface area contributed by atoms with Gasteiger partial charge in [0.05, 0.1) is 23.5 Å². The van der Waals surface area contributed by atoms with Gasteiger partial charge >= 0.3 is 0 Å². The van der Waals surface area contributed by atoms with Crippen LogP contribution in [0.2, 0.25) is 0 Å². The molecule has 4 rings (SSSR count). The topological polar surface area (TPSA) is 72.3 Å². The number of nitrogens with zero attached hydrogens (tertiary/aromatic N) is 4. The van der Waals surface area contributed by atoms with Gasteiger partial charge in [-0.15, -0.1) is 0 Å². The number of aryl methyl sites for hydroxylation is 1. The first kappa shape index (κ1) is 19.5. The third-order valence-corrected chi connectivity index (χ3v) is 5.20. The Balaban J connectivity index is 1.36. The SMILES string of the molecule is Cc1cccc(N2CCN(C(=O)c3ccc(Nc4cccc(C#N)c4)cn3)CC2)c1. The Morgan fingerprint density at radius 1 is 1.00 bits per heavy atom. The number of rotatable bonds is 4. The van der Waals surface area contributed by atoms with E-state index in [1.165, 1.54) is 11.3 Å². The number of aromatic nitrogens is 1. The van der Waals surface area contributed by atoms with Crippen LogP contribution in [0.1, 0.15) is 21.6 Å². The third kappa shape index (κ3) is 4.41. The summed E-state index contributed by atoms with van der Waals surface area (Å²) in [6.45, 7) is 5.06. The summed E-state index contributed by atoms with van der Waals surface area (Å²) in [6.07, 6.45) is 1.65. The monoisotopic (exact) mass is 397 g/mol. The van der Waals surface area contributed by atoms with Gasteiger partial charge in [0.1, 0.15) is 5.69 Å². The highest BCUT2D eigenvalue weighted by Crippen LogP contribution is 2.20. The maximum atomic E-state index is 12.8. The van der Waals surface area contributed by atoms with E-state index in [9.17, 15) is 4.79 Å². The predicted octanol–water partition coefficient (Wildman–Crippen LogP) is 3.97. The zero-order valence-electron chi connectivity index (χ0n) is 16.9. The minimum Gasteiger partial charge on any atom is -0.368 e. The third-order valence-electron chi connectivity index (χ3n) is 5.20. The van der Waals surface area contributed by atoms with E-state index in [4.69, 9.17) is 5.26 Å². The van der Waals surface area contributed by atoms with Crippen LogP contribution < -0.4 is 10.2 Å². The van der Waals surface area contributed by atoms with Crippen molar-refractivity contribution in [2.75, 3.05) is 36.4 Å². The second-order valence-electron chi connectivity index (χ2n) is 7.37. The van der Waals surface area contributed by atoms with Crippen molar-refractivity contribution >= 4 is 23.0 Å². The number of pyridine rings is 1. The van der Waals surface area contributed by atoms with Crippen molar-refractivity contribution in [2.45, 2.75) is 6.92 Å². The van der Waals surface area contributed by atoms with Gasteiger partial charge < -0.3 is 15.1 Å². The lowest BCUT2D eigenvalue weighted by Crippen LogP contribution is -2.49. The summed E-state index contributed by atoms with van der Waals surface area (Å²) < 4.78 is 0. The summed E-state index contributed by atoms with van der Waals surface area (Å²) in [5.41, 5.74) is 5.05. The average molecular weight is 397 g/mol. The fourth-order valence-corrected chi connectivity index (χ4v) is 3.58. The normalized spacial score (nSPS) is 13.6. The highest BCUT2D eigenvalue weighted by atomic mass is 16.2. The zero-order chi connectivity index (χ0) is 20.9. The molecule has 2 aromatic carbocycles. The van der Waals surface area contributed by atoms with Crippen LogP contribution in [-0.2, 0) is 0 Å². The van der Waals surface area contributed by atoms with Gasteiger partial charge in [-0.2, -0.15) is 5.26 Å². The molecular weight excluding hydrogens is 374 g/mol. The summed E-state index contributed by atoms with van der Waals surface area (Å²) in [4.78, 5) is 21.4. The minimum atomic E-state index is -0.0445. The first-order valence-corrected chi connectivity index (χ1v) is 9.96. The molecule has 1 N–H and O–H groups in total. The zero-order valence-corrected chi connectivity index (χ0v) is 16.9. The first-order chi connectivity index (χ1) is 14.6. The van der Waals surface area contributed by atoms with E-state index in [2.05, 4.69) is 52.5 Å². The smallest absolute Gasteiger partial charge is 0.272 e. The Kier molecular flexibility index (Phi) is 5.62. The standard InChI is InChI=1S/C24H23N5O/c1-18-4-2-7-22(14-18)28-10-12-29(13-11-28)24(30)23-9-8-21(17-26-23)27-20-6-3-5-19(15-20)16-25/h2-9,14-15,17,27H,10-13H2,1H3. The van der Waals surface area contributed by atoms with Crippen molar-refractivity contribution in [3.63, 3.8) is 0 Å². The van der Waals surface area contributed by atoms with Gasteiger partial charge in [0.2, 0.25) is 0 Å². The van der Waals surface area contributed by atoms with Crippen molar-refractivity contribution in [2.24, 2.45) is 0 Å². The van der Waals surface area contributed by atoms with E-state index in [1.54, 1.807) is 24.4 Å². The molecule has 0 spiro atoms. The van der Waals surface area contributed by atoms with E-state index in [0.717, 1.165) is 24.5 Å². The van der Waals surface area contributed by atoms with Crippen LogP contribution in [0.4, 0.5) is 17.1 Å². The van der Waals surface area contributed by atoms with Gasteiger partial charge in [0.25, 0.3) is 5.91 Å². The molecule has 1 aliphatic heterocycles. The van der Waals surface area contributed by atoms with Crippen molar-refractivity contribution in [3.05, 3.63) is 83.7 Å². The number of amides is 1. The number of hydrogen-bond acceptors (Lipinski definition) is 5. The maximum absolute atomic E-state index is 12.8. The largest absolute Gasteiger partial charge is 0.368 e. The number of carbonyl (C=O) groups is 1. The molecule has 1 amide bonds. The van der Waals surface area contributed by atoms with Crippen molar-refractivity contribution < 1.29 is 4.79 Å². The van der Waals surface area contributed by atoms with Crippen LogP contribution in [0.25, 0.3) is 0 Å². The van der Waals surface area contributed by atoms with Crippen LogP contribution in [-0.4, -0.2) is 42.0 Å². The van der Waals surface area contributed by atoms with Crippen molar-refractivity contribution in [1.82, 2.24) is 9.88 Å². The Morgan fingerprint density at radius 2 is 1.80 bits per heavy atom. The lowest BCUT2D eigenvalue weighted by atomic mass is 10.2. The van der Waals surface area contributed by atoms with Crippen LogP contribution in [0.5, 0.6) is 0 Å². The Hall–Kier alpha value is -3.85. The first-order valence-electron chi connectivity index (χ1n) is 9.96. The Labute approximate surface area is 176 Å². The lowest BCUT2D eigenvalue weighted by molar-refractivity contribution is 0.0741. The molecule has 30 heavy (non-hydrogen) atoms. The molecule has 1 fully saturated rings. The second kappa shape index (κ2) is 8.66. The van der Waals surface area contributed by atoms with Crippen LogP contribution in [0, 0.1) is 18.3 Å². The highest BCUT2D eigenvalue weighted by Gasteiger charge is 2.23. The molecule has 0 atom stereocenters. The Bertz CT molecular complexity index is 1080. The fourth-order valence-electron chi connectivity index (χ4n) is 3.58. The van der Waals surface area contributed by atoms with Gasteiger partial charge in [-0.3, -0.25) is 4.79 Å². The molecule has 0 unspecified atom stereocenters. The summed E-state index contributed by atoms with van der Waals surface area (Å²) in [5, 5.41) is 12.2. The number of anilines is 3. The number of benzene rings is 2. The molecule has 0 radical (unpaired) electrons. The molecule has 1 aromatic heterocycles. The van der Waals surface area contributed by atoms with E-state index in [1.807, 2.05) is 23.1 Å². The van der Waals surface area contributed by atoms with Gasteiger partial charge in [-0.05, 0) is 55.0 Å². The molecular formula is C24H23N5O. The molecule has 3 aromatic rings. The van der Waals surface area contributed by atoms with E-state index >= 15 is 0 Å². The molecule has 150 valence electrons. The lowest BCUT2D eigenvalue weighted by Gasteiger charge is -2.36. The Morgan fingerprint density at radius 3 is 2.50 bits per heavy atom. The van der Waals surface area contributed by atoms with Crippen molar-refractivity contribution in [1.29, 1.82) is 5.26 Å². The summed E-state index contributed by atoms with van der Waals surface area (Å²) in [5.74, 6) is -0.0445. The van der Waals surface area contributed by atoms with Crippen LogP contribution in [0.3, 0.4) is 0 Å². The quantitative estimate of drug-likeness (QED) is 0.721. The minimum absolute atomic E-state index is 0.0445. The molecule has 2 heterocycles. The summed E-state index contributed by atoms with van der Waals surface area (Å²) in [7, 11) is 0. The van der Waals surface area contributed by atoms with Crippen LogP contribution >= 0.6 is 0 Å². The van der Waals surface area contributed by atoms with Crippen LogP contribution in [0.15, 0.2) is 66.9 Å². The highest BCUT2D eigenvalue weighted by molar-refractivity contribution is 5.92. The molecule has 6 heteroatoms. The van der Waals surface area contributed by atoms with Gasteiger partial charge in [-0.1, -0.05) is 18.2 Å². The van der Waals surface area contributed by atoms with Gasteiger partial charge in [-0.25, -0.2) is 4.98 Å². The van der Waals surface area contributed by atoms with E-state index < -0.39 is 0 Å². The molecule has 1 aliphatic rings. The molecule has 1 saturated heterocycles. The number of carbonyl (C=O) groups excluding carboxylic acids is 1. The number of nitrogens with one attached hydrogen (secondary N) is 1. The molecule has 0 bridgehead atoms.